The summed E-state index contributed by atoms with van der Waals surface area (Å²) in [4.78, 5) is 15.2. The van der Waals surface area contributed by atoms with E-state index in [0.717, 1.165) is 0 Å². The third-order valence-corrected chi connectivity index (χ3v) is 4.37. The highest BCUT2D eigenvalue weighted by atomic mass is 35.5. The van der Waals surface area contributed by atoms with E-state index in [-0.39, 0.29) is 17.8 Å². The molecule has 1 aliphatic heterocycles. The van der Waals surface area contributed by atoms with Crippen molar-refractivity contribution in [2.24, 2.45) is 0 Å². The van der Waals surface area contributed by atoms with E-state index >= 15 is 0 Å². The Labute approximate surface area is 148 Å². The maximum Gasteiger partial charge on any atom is 0.240 e. The van der Waals surface area contributed by atoms with Crippen LogP contribution in [0, 0.1) is 5.82 Å². The number of ether oxygens (including phenoxy) is 1. The minimum Gasteiger partial charge on any atom is -0.377 e. The normalized spacial score (nSPS) is 18.0. The number of imidazole rings is 1. The lowest BCUT2D eigenvalue weighted by Gasteiger charge is -2.34. The predicted octanol–water partition coefficient (Wildman–Crippen LogP) is 2.42. The van der Waals surface area contributed by atoms with Crippen LogP contribution >= 0.6 is 11.6 Å². The van der Waals surface area contributed by atoms with Crippen molar-refractivity contribution in [1.82, 2.24) is 19.5 Å². The van der Waals surface area contributed by atoms with Gasteiger partial charge in [0, 0.05) is 18.7 Å². The van der Waals surface area contributed by atoms with Gasteiger partial charge in [0.15, 0.2) is 0 Å². The zero-order valence-electron chi connectivity index (χ0n) is 13.5. The zero-order valence-corrected chi connectivity index (χ0v) is 14.2. The fourth-order valence-electron chi connectivity index (χ4n) is 2.99. The highest BCUT2D eigenvalue weighted by molar-refractivity contribution is 6.29. The molecule has 130 valence electrons. The van der Waals surface area contributed by atoms with Gasteiger partial charge in [0.05, 0.1) is 30.3 Å². The third kappa shape index (κ3) is 2.87. The van der Waals surface area contributed by atoms with Crippen LogP contribution in [-0.4, -0.2) is 45.3 Å². The molecule has 0 bridgehead atoms. The largest absolute Gasteiger partial charge is 0.377 e. The molecule has 0 aliphatic carbocycles. The fourth-order valence-corrected chi connectivity index (χ4v) is 3.16. The summed E-state index contributed by atoms with van der Waals surface area (Å²) in [5, 5.41) is 0.294. The van der Waals surface area contributed by atoms with Gasteiger partial charge in [-0.1, -0.05) is 11.6 Å². The van der Waals surface area contributed by atoms with Gasteiger partial charge in [0.2, 0.25) is 11.9 Å². The quantitative estimate of drug-likeness (QED) is 0.705. The molecule has 3 aromatic rings. The minimum absolute atomic E-state index is 0.165. The molecule has 2 N–H and O–H groups in total. The Morgan fingerprint density at radius 3 is 2.92 bits per heavy atom. The number of aromatic nitrogens is 4. The van der Waals surface area contributed by atoms with Crippen molar-refractivity contribution in [3.8, 4) is 5.95 Å². The second-order valence-electron chi connectivity index (χ2n) is 5.90. The number of anilines is 2. The van der Waals surface area contributed by atoms with Crippen molar-refractivity contribution >= 4 is 34.4 Å². The molecular formula is C16H16ClFN6O. The first-order valence-electron chi connectivity index (χ1n) is 7.86. The molecule has 3 heterocycles. The molecule has 0 unspecified atom stereocenters. The summed E-state index contributed by atoms with van der Waals surface area (Å²) in [7, 11) is 0. The van der Waals surface area contributed by atoms with Gasteiger partial charge in [0.25, 0.3) is 0 Å². The number of fused-ring (bicyclic) bond motifs is 1. The van der Waals surface area contributed by atoms with Gasteiger partial charge in [-0.25, -0.2) is 18.9 Å². The van der Waals surface area contributed by atoms with Crippen molar-refractivity contribution in [3.63, 3.8) is 0 Å². The Bertz CT molecular complexity index is 946. The van der Waals surface area contributed by atoms with Gasteiger partial charge in [-0.15, -0.1) is 0 Å². The molecule has 0 amide bonds. The van der Waals surface area contributed by atoms with Crippen LogP contribution < -0.4 is 10.6 Å². The van der Waals surface area contributed by atoms with Crippen molar-refractivity contribution in [2.75, 3.05) is 30.4 Å². The van der Waals surface area contributed by atoms with Gasteiger partial charge >= 0.3 is 0 Å². The Kier molecular flexibility index (Phi) is 3.93. The summed E-state index contributed by atoms with van der Waals surface area (Å²) in [6.07, 6.45) is 0. The number of benzene rings is 1. The van der Waals surface area contributed by atoms with E-state index in [1.165, 1.54) is 12.1 Å². The van der Waals surface area contributed by atoms with Crippen LogP contribution in [0.4, 0.5) is 16.2 Å². The van der Waals surface area contributed by atoms with Gasteiger partial charge in [0.1, 0.15) is 16.8 Å². The van der Waals surface area contributed by atoms with Crippen LogP contribution in [0.1, 0.15) is 6.92 Å². The van der Waals surface area contributed by atoms with Crippen LogP contribution in [0.25, 0.3) is 17.0 Å². The minimum atomic E-state index is -0.382. The Morgan fingerprint density at radius 2 is 2.12 bits per heavy atom. The van der Waals surface area contributed by atoms with Gasteiger partial charge < -0.3 is 15.4 Å². The van der Waals surface area contributed by atoms with Crippen molar-refractivity contribution < 1.29 is 9.13 Å². The van der Waals surface area contributed by atoms with Gasteiger partial charge in [-0.05, 0) is 19.1 Å². The second kappa shape index (κ2) is 6.12. The number of halogens is 2. The van der Waals surface area contributed by atoms with E-state index in [1.807, 2.05) is 0 Å². The Hall–Kier alpha value is -2.45. The number of hydrogen-bond acceptors (Lipinski definition) is 6. The molecule has 0 saturated carbocycles. The molecule has 1 aliphatic rings. The summed E-state index contributed by atoms with van der Waals surface area (Å²) < 4.78 is 20.5. The number of morpholine rings is 1. The van der Waals surface area contributed by atoms with Crippen LogP contribution in [-0.2, 0) is 4.74 Å². The van der Waals surface area contributed by atoms with Gasteiger partial charge in [-0.3, -0.25) is 0 Å². The van der Waals surface area contributed by atoms with E-state index in [1.54, 1.807) is 16.7 Å². The topological polar surface area (TPSA) is 82.1 Å². The SMILES string of the molecule is C[C@@H]1COCCN1c1cc(Cl)nc(-n2c(N)nc3cc(F)ccc32)n1. The van der Waals surface area contributed by atoms with Crippen molar-refractivity contribution in [3.05, 3.63) is 35.2 Å². The van der Waals surface area contributed by atoms with Crippen molar-refractivity contribution in [1.29, 1.82) is 0 Å². The summed E-state index contributed by atoms with van der Waals surface area (Å²) in [6.45, 7) is 4.00. The molecule has 2 aromatic heterocycles. The third-order valence-electron chi connectivity index (χ3n) is 4.17. The summed E-state index contributed by atoms with van der Waals surface area (Å²) >= 11 is 6.22. The van der Waals surface area contributed by atoms with Crippen LogP contribution in [0.5, 0.6) is 0 Å². The lowest BCUT2D eigenvalue weighted by Crippen LogP contribution is -2.44. The first-order valence-corrected chi connectivity index (χ1v) is 8.23. The lowest BCUT2D eigenvalue weighted by atomic mass is 10.2. The smallest absolute Gasteiger partial charge is 0.240 e. The molecule has 7 nitrogen and oxygen atoms in total. The monoisotopic (exact) mass is 362 g/mol. The molecule has 25 heavy (non-hydrogen) atoms. The first-order chi connectivity index (χ1) is 12.0. The fraction of sp³-hybridized carbons (Fsp3) is 0.312. The predicted molar refractivity (Wildman–Crippen MR) is 93.7 cm³/mol. The van der Waals surface area contributed by atoms with E-state index in [0.29, 0.717) is 47.7 Å². The van der Waals surface area contributed by atoms with Crippen LogP contribution in [0.2, 0.25) is 5.15 Å². The molecule has 1 fully saturated rings. The first kappa shape index (κ1) is 16.0. The maximum absolute atomic E-state index is 13.4. The molecule has 1 saturated heterocycles. The average Bonchev–Trinajstić information content (AvgIpc) is 2.89. The lowest BCUT2D eigenvalue weighted by molar-refractivity contribution is 0.0985. The Balaban J connectivity index is 1.85. The average molecular weight is 363 g/mol. The number of nitrogens with zero attached hydrogens (tertiary/aromatic N) is 5. The van der Waals surface area contributed by atoms with Crippen molar-refractivity contribution in [2.45, 2.75) is 13.0 Å². The molecule has 0 spiro atoms. The molecule has 9 heteroatoms. The van der Waals surface area contributed by atoms with E-state index in [2.05, 4.69) is 26.8 Å². The molecule has 1 aromatic carbocycles. The van der Waals surface area contributed by atoms with E-state index in [4.69, 9.17) is 22.1 Å². The van der Waals surface area contributed by atoms with Crippen LogP contribution in [0.15, 0.2) is 24.3 Å². The van der Waals surface area contributed by atoms with E-state index in [9.17, 15) is 4.39 Å². The standard InChI is InChI=1S/C16H16ClFN6O/c1-9-8-25-5-4-23(9)14-7-13(17)21-16(22-14)24-12-3-2-10(18)6-11(12)20-15(24)19/h2-3,6-7,9H,4-5,8H2,1H3,(H2,19,20)/t9-/m1/s1. The molecule has 0 radical (unpaired) electrons. The number of rotatable bonds is 2. The maximum atomic E-state index is 13.4. The number of hydrogen-bond donors (Lipinski definition) is 1. The zero-order chi connectivity index (χ0) is 17.6. The molecule has 1 atom stereocenters. The number of nitrogens with two attached hydrogens (primary N) is 1. The summed E-state index contributed by atoms with van der Waals surface area (Å²) in [5.74, 6) is 0.776. The molecule has 4 rings (SSSR count). The molecular weight excluding hydrogens is 347 g/mol. The number of nitrogen functional groups attached to an aromatic ring is 1. The second-order valence-corrected chi connectivity index (χ2v) is 6.29. The van der Waals surface area contributed by atoms with Crippen LogP contribution in [0.3, 0.4) is 0 Å². The summed E-state index contributed by atoms with van der Waals surface area (Å²) in [5.41, 5.74) is 7.06. The van der Waals surface area contributed by atoms with Gasteiger partial charge in [-0.2, -0.15) is 4.98 Å². The highest BCUT2D eigenvalue weighted by Crippen LogP contribution is 2.26. The Morgan fingerprint density at radius 1 is 1.28 bits per heavy atom. The highest BCUT2D eigenvalue weighted by Gasteiger charge is 2.22. The summed E-state index contributed by atoms with van der Waals surface area (Å²) in [6, 6.07) is 6.13. The van der Waals surface area contributed by atoms with E-state index < -0.39 is 0 Å².